The standard InChI is InChI=1S/C11H19N5O/c1-8-13-9(15-12)7-10(14-8)16-5-3-11(2,17)4-6-16/h7,17H,3-6,12H2,1-2H3,(H,13,14,15). The molecule has 6 heteroatoms. The number of nitrogens with two attached hydrogens (primary N) is 1. The molecule has 1 aliphatic rings. The van der Waals surface area contributed by atoms with Crippen LogP contribution in [-0.2, 0) is 0 Å². The van der Waals surface area contributed by atoms with Crippen molar-refractivity contribution in [2.24, 2.45) is 5.84 Å². The van der Waals surface area contributed by atoms with Gasteiger partial charge in [-0.3, -0.25) is 0 Å². The van der Waals surface area contributed by atoms with Crippen molar-refractivity contribution >= 4 is 11.6 Å². The fourth-order valence-electron chi connectivity index (χ4n) is 2.01. The molecule has 0 radical (unpaired) electrons. The van der Waals surface area contributed by atoms with Crippen LogP contribution in [0.3, 0.4) is 0 Å². The zero-order chi connectivity index (χ0) is 12.5. The first-order valence-corrected chi connectivity index (χ1v) is 5.80. The number of aliphatic hydroxyl groups is 1. The molecule has 1 aliphatic heterocycles. The van der Waals surface area contributed by atoms with Crippen molar-refractivity contribution in [1.82, 2.24) is 9.97 Å². The Morgan fingerprint density at radius 1 is 1.41 bits per heavy atom. The van der Waals surface area contributed by atoms with Crippen molar-refractivity contribution in [3.8, 4) is 0 Å². The highest BCUT2D eigenvalue weighted by molar-refractivity contribution is 5.49. The van der Waals surface area contributed by atoms with Gasteiger partial charge in [-0.1, -0.05) is 0 Å². The number of aromatic nitrogens is 2. The number of nitrogen functional groups attached to an aromatic ring is 1. The summed E-state index contributed by atoms with van der Waals surface area (Å²) < 4.78 is 0. The molecule has 1 fully saturated rings. The SMILES string of the molecule is Cc1nc(NN)cc(N2CCC(C)(O)CC2)n1. The normalized spacial score (nSPS) is 19.2. The van der Waals surface area contributed by atoms with Crippen LogP contribution in [0.2, 0.25) is 0 Å². The number of anilines is 2. The van der Waals surface area contributed by atoms with Gasteiger partial charge in [0.15, 0.2) is 0 Å². The average Bonchev–Trinajstić information content (AvgIpc) is 2.28. The topological polar surface area (TPSA) is 87.3 Å². The third-order valence-electron chi connectivity index (χ3n) is 3.14. The number of nitrogens with one attached hydrogen (secondary N) is 1. The van der Waals surface area contributed by atoms with Crippen LogP contribution >= 0.6 is 0 Å². The molecule has 4 N–H and O–H groups in total. The van der Waals surface area contributed by atoms with Crippen LogP contribution in [-0.4, -0.2) is 33.8 Å². The van der Waals surface area contributed by atoms with Crippen molar-refractivity contribution in [1.29, 1.82) is 0 Å². The van der Waals surface area contributed by atoms with Gasteiger partial charge in [0, 0.05) is 19.2 Å². The Morgan fingerprint density at radius 2 is 2.06 bits per heavy atom. The van der Waals surface area contributed by atoms with Crippen molar-refractivity contribution in [3.05, 3.63) is 11.9 Å². The molecule has 1 aromatic rings. The minimum atomic E-state index is -0.548. The highest BCUT2D eigenvalue weighted by atomic mass is 16.3. The Bertz CT molecular complexity index is 397. The second-order valence-corrected chi connectivity index (χ2v) is 4.79. The Labute approximate surface area is 101 Å². The van der Waals surface area contributed by atoms with Crippen molar-refractivity contribution in [2.45, 2.75) is 32.3 Å². The highest BCUT2D eigenvalue weighted by Gasteiger charge is 2.28. The molecule has 1 aromatic heterocycles. The summed E-state index contributed by atoms with van der Waals surface area (Å²) in [6, 6.07) is 1.83. The van der Waals surface area contributed by atoms with Crippen LogP contribution in [0.1, 0.15) is 25.6 Å². The monoisotopic (exact) mass is 237 g/mol. The lowest BCUT2D eigenvalue weighted by Crippen LogP contribution is -2.42. The van der Waals surface area contributed by atoms with E-state index in [9.17, 15) is 5.11 Å². The number of rotatable bonds is 2. The maximum Gasteiger partial charge on any atom is 0.145 e. The maximum absolute atomic E-state index is 9.90. The molecule has 2 rings (SSSR count). The summed E-state index contributed by atoms with van der Waals surface area (Å²) in [4.78, 5) is 10.7. The minimum Gasteiger partial charge on any atom is -0.390 e. The first-order chi connectivity index (χ1) is 8.00. The minimum absolute atomic E-state index is 0.548. The van der Waals surface area contributed by atoms with E-state index < -0.39 is 5.60 Å². The van der Waals surface area contributed by atoms with Crippen LogP contribution < -0.4 is 16.2 Å². The molecule has 0 saturated carbocycles. The summed E-state index contributed by atoms with van der Waals surface area (Å²) in [7, 11) is 0. The molecule has 17 heavy (non-hydrogen) atoms. The summed E-state index contributed by atoms with van der Waals surface area (Å²) in [5.74, 6) is 7.53. The summed E-state index contributed by atoms with van der Waals surface area (Å²) in [5, 5.41) is 9.90. The molecule has 0 spiro atoms. The molecular weight excluding hydrogens is 218 g/mol. The zero-order valence-corrected chi connectivity index (χ0v) is 10.3. The predicted molar refractivity (Wildman–Crippen MR) is 66.6 cm³/mol. The summed E-state index contributed by atoms with van der Waals surface area (Å²) >= 11 is 0. The summed E-state index contributed by atoms with van der Waals surface area (Å²) in [6.07, 6.45) is 1.50. The highest BCUT2D eigenvalue weighted by Crippen LogP contribution is 2.25. The third-order valence-corrected chi connectivity index (χ3v) is 3.14. The number of hydrogen-bond donors (Lipinski definition) is 3. The molecule has 0 amide bonds. The van der Waals surface area contributed by atoms with Crippen molar-refractivity contribution in [3.63, 3.8) is 0 Å². The fraction of sp³-hybridized carbons (Fsp3) is 0.636. The smallest absolute Gasteiger partial charge is 0.145 e. The van der Waals surface area contributed by atoms with Gasteiger partial charge in [0.1, 0.15) is 17.5 Å². The van der Waals surface area contributed by atoms with Crippen LogP contribution in [0, 0.1) is 6.92 Å². The molecule has 2 heterocycles. The van der Waals surface area contributed by atoms with Crippen LogP contribution in [0.5, 0.6) is 0 Å². The third kappa shape index (κ3) is 2.83. The molecule has 1 saturated heterocycles. The van der Waals surface area contributed by atoms with E-state index in [-0.39, 0.29) is 0 Å². The Hall–Kier alpha value is -1.40. The van der Waals surface area contributed by atoms with Gasteiger partial charge in [0.05, 0.1) is 5.60 Å². The lowest BCUT2D eigenvalue weighted by atomic mass is 9.94. The number of hydrazine groups is 1. The predicted octanol–water partition coefficient (Wildman–Crippen LogP) is 0.422. The van der Waals surface area contributed by atoms with Crippen molar-refractivity contribution < 1.29 is 5.11 Å². The first kappa shape index (κ1) is 12.1. The van der Waals surface area contributed by atoms with Crippen molar-refractivity contribution in [2.75, 3.05) is 23.4 Å². The lowest BCUT2D eigenvalue weighted by molar-refractivity contribution is 0.0350. The number of aryl methyl sites for hydroxylation is 1. The van der Waals surface area contributed by atoms with E-state index in [4.69, 9.17) is 5.84 Å². The molecule has 0 aromatic carbocycles. The first-order valence-electron chi connectivity index (χ1n) is 5.80. The molecule has 0 atom stereocenters. The van der Waals surface area contributed by atoms with E-state index in [0.717, 1.165) is 31.7 Å². The molecule has 6 nitrogen and oxygen atoms in total. The van der Waals surface area contributed by atoms with Gasteiger partial charge in [0.25, 0.3) is 0 Å². The van der Waals surface area contributed by atoms with E-state index in [1.54, 1.807) is 0 Å². The van der Waals surface area contributed by atoms with E-state index in [2.05, 4.69) is 20.3 Å². The van der Waals surface area contributed by atoms with E-state index in [0.29, 0.717) is 11.6 Å². The largest absolute Gasteiger partial charge is 0.390 e. The van der Waals surface area contributed by atoms with Crippen LogP contribution in [0.15, 0.2) is 6.07 Å². The van der Waals surface area contributed by atoms with E-state index in [1.807, 2.05) is 19.9 Å². The second kappa shape index (κ2) is 4.46. The van der Waals surface area contributed by atoms with Crippen LogP contribution in [0.4, 0.5) is 11.6 Å². The average molecular weight is 237 g/mol. The summed E-state index contributed by atoms with van der Waals surface area (Å²) in [5.41, 5.74) is 1.99. The lowest BCUT2D eigenvalue weighted by Gasteiger charge is -2.36. The van der Waals surface area contributed by atoms with Gasteiger partial charge >= 0.3 is 0 Å². The number of nitrogens with zero attached hydrogens (tertiary/aromatic N) is 3. The molecule has 0 aliphatic carbocycles. The molecule has 94 valence electrons. The number of piperidine rings is 1. The van der Waals surface area contributed by atoms with Gasteiger partial charge in [-0.15, -0.1) is 0 Å². The van der Waals surface area contributed by atoms with E-state index in [1.165, 1.54) is 0 Å². The molecule has 0 unspecified atom stereocenters. The molecule has 0 bridgehead atoms. The van der Waals surface area contributed by atoms with Gasteiger partial charge < -0.3 is 15.4 Å². The Morgan fingerprint density at radius 3 is 2.65 bits per heavy atom. The fourth-order valence-corrected chi connectivity index (χ4v) is 2.01. The van der Waals surface area contributed by atoms with E-state index >= 15 is 0 Å². The second-order valence-electron chi connectivity index (χ2n) is 4.79. The van der Waals surface area contributed by atoms with Gasteiger partial charge in [0.2, 0.25) is 0 Å². The van der Waals surface area contributed by atoms with Gasteiger partial charge in [-0.2, -0.15) is 0 Å². The van der Waals surface area contributed by atoms with Gasteiger partial charge in [-0.25, -0.2) is 15.8 Å². The zero-order valence-electron chi connectivity index (χ0n) is 10.3. The van der Waals surface area contributed by atoms with Gasteiger partial charge in [-0.05, 0) is 26.7 Å². The molecular formula is C11H19N5O. The maximum atomic E-state index is 9.90. The Balaban J connectivity index is 2.15. The Kier molecular flexibility index (Phi) is 3.17. The number of hydrogen-bond acceptors (Lipinski definition) is 6. The van der Waals surface area contributed by atoms with Crippen LogP contribution in [0.25, 0.3) is 0 Å². The summed E-state index contributed by atoms with van der Waals surface area (Å²) in [6.45, 7) is 5.31. The quantitative estimate of drug-likeness (QED) is 0.510.